The fourth-order valence-corrected chi connectivity index (χ4v) is 2.26. The van der Waals surface area contributed by atoms with Gasteiger partial charge >= 0.3 is 0 Å². The van der Waals surface area contributed by atoms with Crippen LogP contribution in [0.1, 0.15) is 37.8 Å². The fraction of sp³-hybridized carbons (Fsp3) is 0.316. The highest BCUT2D eigenvalue weighted by Gasteiger charge is 2.17. The van der Waals surface area contributed by atoms with Gasteiger partial charge in [-0.15, -0.1) is 0 Å². The molecule has 2 rings (SSSR count). The van der Waals surface area contributed by atoms with E-state index in [0.717, 1.165) is 22.6 Å². The van der Waals surface area contributed by atoms with Crippen molar-refractivity contribution >= 4 is 11.6 Å². The van der Waals surface area contributed by atoms with Crippen LogP contribution in [0.3, 0.4) is 0 Å². The highest BCUT2D eigenvalue weighted by Crippen LogP contribution is 2.27. The Morgan fingerprint density at radius 1 is 1.00 bits per heavy atom. The Balaban J connectivity index is 2.08. The van der Waals surface area contributed by atoms with Crippen LogP contribution in [0, 0.1) is 6.92 Å². The second-order valence-electron chi connectivity index (χ2n) is 5.76. The van der Waals surface area contributed by atoms with Gasteiger partial charge in [0.25, 0.3) is 5.91 Å². The summed E-state index contributed by atoms with van der Waals surface area (Å²) in [5.74, 6) is 0.973. The summed E-state index contributed by atoms with van der Waals surface area (Å²) in [5, 5.41) is 2.91. The van der Waals surface area contributed by atoms with Crippen molar-refractivity contribution in [1.82, 2.24) is 0 Å². The lowest BCUT2D eigenvalue weighted by Gasteiger charge is -2.19. The average Bonchev–Trinajstić information content (AvgIpc) is 2.49. The van der Waals surface area contributed by atoms with E-state index in [0.29, 0.717) is 5.92 Å². The van der Waals surface area contributed by atoms with E-state index in [4.69, 9.17) is 4.74 Å². The Morgan fingerprint density at radius 3 is 2.32 bits per heavy atom. The summed E-state index contributed by atoms with van der Waals surface area (Å²) < 4.78 is 5.87. The molecule has 0 aromatic heterocycles. The van der Waals surface area contributed by atoms with E-state index in [-0.39, 0.29) is 5.91 Å². The number of benzene rings is 2. The van der Waals surface area contributed by atoms with Crippen molar-refractivity contribution in [2.45, 2.75) is 39.7 Å². The molecule has 0 aliphatic carbocycles. The summed E-state index contributed by atoms with van der Waals surface area (Å²) in [7, 11) is 0. The van der Waals surface area contributed by atoms with E-state index in [2.05, 4.69) is 19.2 Å². The number of hydrogen-bond donors (Lipinski definition) is 1. The van der Waals surface area contributed by atoms with E-state index in [1.54, 1.807) is 6.92 Å². The Labute approximate surface area is 132 Å². The summed E-state index contributed by atoms with van der Waals surface area (Å²) >= 11 is 0. The Morgan fingerprint density at radius 2 is 1.64 bits per heavy atom. The number of carbonyl (C=O) groups is 1. The second-order valence-corrected chi connectivity index (χ2v) is 5.76. The first-order chi connectivity index (χ1) is 10.5. The topological polar surface area (TPSA) is 38.3 Å². The molecule has 0 aliphatic rings. The van der Waals surface area contributed by atoms with Gasteiger partial charge in [0, 0.05) is 5.69 Å². The number of hydrogen-bond acceptors (Lipinski definition) is 2. The van der Waals surface area contributed by atoms with Gasteiger partial charge in [0.2, 0.25) is 0 Å². The maximum absolute atomic E-state index is 12.3. The van der Waals surface area contributed by atoms with Crippen LogP contribution in [0.4, 0.5) is 5.69 Å². The molecule has 2 aromatic rings. The van der Waals surface area contributed by atoms with Crippen molar-refractivity contribution < 1.29 is 9.53 Å². The van der Waals surface area contributed by atoms with Crippen LogP contribution < -0.4 is 10.1 Å². The van der Waals surface area contributed by atoms with Crippen molar-refractivity contribution in [3.63, 3.8) is 0 Å². The number of rotatable bonds is 5. The van der Waals surface area contributed by atoms with E-state index >= 15 is 0 Å². The monoisotopic (exact) mass is 297 g/mol. The average molecular weight is 297 g/mol. The highest BCUT2D eigenvalue weighted by atomic mass is 16.5. The van der Waals surface area contributed by atoms with Crippen molar-refractivity contribution in [3.8, 4) is 5.75 Å². The summed E-state index contributed by atoms with van der Waals surface area (Å²) in [5.41, 5.74) is 2.96. The Kier molecular flexibility index (Phi) is 5.21. The Hall–Kier alpha value is -2.29. The molecule has 1 amide bonds. The lowest BCUT2D eigenvalue weighted by molar-refractivity contribution is -0.122. The molecule has 3 heteroatoms. The van der Waals surface area contributed by atoms with E-state index in [1.165, 1.54) is 0 Å². The van der Waals surface area contributed by atoms with Crippen molar-refractivity contribution in [3.05, 3.63) is 59.7 Å². The maximum atomic E-state index is 12.3. The van der Waals surface area contributed by atoms with Crippen LogP contribution >= 0.6 is 0 Å². The molecular weight excluding hydrogens is 274 g/mol. The third-order valence-corrected chi connectivity index (χ3v) is 3.62. The standard InChI is InChI=1S/C19H23NO2/c1-13(2)16-10-6-8-12-18(16)22-15(4)19(21)20-17-11-7-5-9-14(17)3/h5-13,15H,1-4H3,(H,20,21)/t15-/m1/s1. The smallest absolute Gasteiger partial charge is 0.265 e. The zero-order valence-corrected chi connectivity index (χ0v) is 13.6. The lowest BCUT2D eigenvalue weighted by atomic mass is 10.0. The van der Waals surface area contributed by atoms with Gasteiger partial charge in [0.1, 0.15) is 5.75 Å². The molecule has 0 saturated carbocycles. The van der Waals surface area contributed by atoms with Gasteiger partial charge in [0.15, 0.2) is 6.10 Å². The lowest BCUT2D eigenvalue weighted by Crippen LogP contribution is -2.30. The van der Waals surface area contributed by atoms with Gasteiger partial charge in [-0.3, -0.25) is 4.79 Å². The maximum Gasteiger partial charge on any atom is 0.265 e. The molecule has 22 heavy (non-hydrogen) atoms. The third-order valence-electron chi connectivity index (χ3n) is 3.62. The molecule has 3 nitrogen and oxygen atoms in total. The molecule has 0 aliphatic heterocycles. The van der Waals surface area contributed by atoms with Gasteiger partial charge in [-0.25, -0.2) is 0 Å². The van der Waals surface area contributed by atoms with Crippen molar-refractivity contribution in [2.75, 3.05) is 5.32 Å². The molecule has 2 aromatic carbocycles. The quantitative estimate of drug-likeness (QED) is 0.881. The normalized spacial score (nSPS) is 12.0. The minimum Gasteiger partial charge on any atom is -0.481 e. The molecule has 0 unspecified atom stereocenters. The third kappa shape index (κ3) is 3.88. The minimum absolute atomic E-state index is 0.146. The minimum atomic E-state index is -0.556. The fourth-order valence-electron chi connectivity index (χ4n) is 2.26. The van der Waals surface area contributed by atoms with E-state index in [1.807, 2.05) is 55.5 Å². The van der Waals surface area contributed by atoms with Gasteiger partial charge < -0.3 is 10.1 Å². The van der Waals surface area contributed by atoms with Crippen molar-refractivity contribution in [2.24, 2.45) is 0 Å². The van der Waals surface area contributed by atoms with E-state index < -0.39 is 6.10 Å². The molecule has 0 saturated heterocycles. The molecule has 116 valence electrons. The van der Waals surface area contributed by atoms with Crippen LogP contribution in [0.5, 0.6) is 5.75 Å². The van der Waals surface area contributed by atoms with Crippen LogP contribution in [-0.4, -0.2) is 12.0 Å². The number of nitrogens with one attached hydrogen (secondary N) is 1. The summed E-state index contributed by atoms with van der Waals surface area (Å²) in [6, 6.07) is 15.6. The van der Waals surface area contributed by atoms with Gasteiger partial charge in [0.05, 0.1) is 0 Å². The number of amides is 1. The number of ether oxygens (including phenoxy) is 1. The number of anilines is 1. The molecule has 0 spiro atoms. The van der Waals surface area contributed by atoms with Crippen LogP contribution in [0.25, 0.3) is 0 Å². The summed E-state index contributed by atoms with van der Waals surface area (Å²) in [6.45, 7) is 7.96. The summed E-state index contributed by atoms with van der Waals surface area (Å²) in [4.78, 5) is 12.3. The highest BCUT2D eigenvalue weighted by molar-refractivity contribution is 5.94. The zero-order chi connectivity index (χ0) is 16.1. The molecule has 0 bridgehead atoms. The first-order valence-corrected chi connectivity index (χ1v) is 7.61. The second kappa shape index (κ2) is 7.12. The number of carbonyl (C=O) groups excluding carboxylic acids is 1. The summed E-state index contributed by atoms with van der Waals surface area (Å²) in [6.07, 6.45) is -0.556. The molecular formula is C19H23NO2. The molecule has 0 heterocycles. The predicted molar refractivity (Wildman–Crippen MR) is 90.4 cm³/mol. The van der Waals surface area contributed by atoms with Gasteiger partial charge in [-0.1, -0.05) is 50.2 Å². The van der Waals surface area contributed by atoms with Crippen LogP contribution in [-0.2, 0) is 4.79 Å². The van der Waals surface area contributed by atoms with Crippen LogP contribution in [0.2, 0.25) is 0 Å². The van der Waals surface area contributed by atoms with Gasteiger partial charge in [-0.2, -0.15) is 0 Å². The Bertz CT molecular complexity index is 649. The first kappa shape index (κ1) is 16.1. The van der Waals surface area contributed by atoms with Crippen LogP contribution in [0.15, 0.2) is 48.5 Å². The number of aryl methyl sites for hydroxylation is 1. The predicted octanol–water partition coefficient (Wildman–Crippen LogP) is 4.52. The number of para-hydroxylation sites is 2. The molecule has 1 atom stereocenters. The van der Waals surface area contributed by atoms with Crippen molar-refractivity contribution in [1.29, 1.82) is 0 Å². The molecule has 1 N–H and O–H groups in total. The largest absolute Gasteiger partial charge is 0.481 e. The first-order valence-electron chi connectivity index (χ1n) is 7.61. The zero-order valence-electron chi connectivity index (χ0n) is 13.6. The van der Waals surface area contributed by atoms with Gasteiger partial charge in [-0.05, 0) is 43.0 Å². The van der Waals surface area contributed by atoms with E-state index in [9.17, 15) is 4.79 Å². The molecule has 0 fully saturated rings. The SMILES string of the molecule is Cc1ccccc1NC(=O)[C@@H](C)Oc1ccccc1C(C)C. The molecule has 0 radical (unpaired) electrons.